The van der Waals surface area contributed by atoms with E-state index in [0.29, 0.717) is 12.8 Å². The molecule has 0 atom stereocenters. The number of carboxylic acid groups (broad SMARTS) is 1. The lowest BCUT2D eigenvalue weighted by Gasteiger charge is -2.11. The molecule has 1 aliphatic carbocycles. The van der Waals surface area contributed by atoms with E-state index in [1.165, 1.54) is 11.8 Å². The lowest BCUT2D eigenvalue weighted by molar-refractivity contribution is -0.143. The zero-order valence-electron chi connectivity index (χ0n) is 12.9. The highest BCUT2D eigenvalue weighted by Crippen LogP contribution is 2.45. The minimum atomic E-state index is -0.858. The van der Waals surface area contributed by atoms with Crippen LogP contribution < -0.4 is 10.6 Å². The first-order valence-electron chi connectivity index (χ1n) is 7.36. The molecular formula is C16H20N2O4S. The predicted octanol–water partition coefficient (Wildman–Crippen LogP) is 1.65. The molecule has 0 aliphatic heterocycles. The number of amides is 2. The van der Waals surface area contributed by atoms with Gasteiger partial charge in [-0.3, -0.25) is 14.4 Å². The van der Waals surface area contributed by atoms with Gasteiger partial charge in [-0.15, -0.1) is 11.8 Å². The molecule has 1 aromatic carbocycles. The monoisotopic (exact) mass is 336 g/mol. The summed E-state index contributed by atoms with van der Waals surface area (Å²) >= 11 is 1.20. The highest BCUT2D eigenvalue weighted by Gasteiger charge is 2.50. The van der Waals surface area contributed by atoms with Crippen LogP contribution in [0.5, 0.6) is 0 Å². The first-order valence-corrected chi connectivity index (χ1v) is 8.51. The zero-order valence-corrected chi connectivity index (χ0v) is 13.7. The van der Waals surface area contributed by atoms with Crippen LogP contribution in [0.3, 0.4) is 0 Å². The molecule has 0 bridgehead atoms. The molecule has 6 nitrogen and oxygen atoms in total. The molecule has 0 spiro atoms. The molecule has 0 unspecified atom stereocenters. The van der Waals surface area contributed by atoms with E-state index in [9.17, 15) is 14.4 Å². The number of anilines is 1. The fourth-order valence-electron chi connectivity index (χ4n) is 2.01. The van der Waals surface area contributed by atoms with Crippen LogP contribution in [0.15, 0.2) is 24.3 Å². The Bertz CT molecular complexity index is 597. The quantitative estimate of drug-likeness (QED) is 0.671. The molecule has 2 rings (SSSR count). The maximum Gasteiger partial charge on any atom is 0.311 e. The summed E-state index contributed by atoms with van der Waals surface area (Å²) < 4.78 is 0. The summed E-state index contributed by atoms with van der Waals surface area (Å²) in [5.74, 6) is -0.966. The molecule has 1 aromatic rings. The number of hydrogen-bond donors (Lipinski definition) is 3. The third kappa shape index (κ3) is 5.28. The van der Waals surface area contributed by atoms with Crippen molar-refractivity contribution in [3.63, 3.8) is 0 Å². The van der Waals surface area contributed by atoms with Crippen LogP contribution in [0, 0.1) is 12.3 Å². The van der Waals surface area contributed by atoms with Gasteiger partial charge < -0.3 is 15.7 Å². The third-order valence-corrected chi connectivity index (χ3v) is 4.67. The number of thioether (sulfide) groups is 1. The van der Waals surface area contributed by atoms with Gasteiger partial charge in [-0.1, -0.05) is 17.7 Å². The van der Waals surface area contributed by atoms with E-state index in [2.05, 4.69) is 10.6 Å². The Balaban J connectivity index is 1.62. The number of aryl methyl sites for hydroxylation is 1. The van der Waals surface area contributed by atoms with E-state index in [4.69, 9.17) is 5.11 Å². The summed E-state index contributed by atoms with van der Waals surface area (Å²) in [5.41, 5.74) is 1.08. The number of carbonyl (C=O) groups excluding carboxylic acids is 2. The summed E-state index contributed by atoms with van der Waals surface area (Å²) in [4.78, 5) is 34.4. The lowest BCUT2D eigenvalue weighted by atomic mass is 10.1. The average molecular weight is 336 g/mol. The van der Waals surface area contributed by atoms with Crippen LogP contribution in [0.1, 0.15) is 18.4 Å². The largest absolute Gasteiger partial charge is 0.481 e. The minimum absolute atomic E-state index is 0.136. The number of nitrogens with one attached hydrogen (secondary N) is 2. The first kappa shape index (κ1) is 17.3. The molecule has 124 valence electrons. The van der Waals surface area contributed by atoms with Gasteiger partial charge in [0.05, 0.1) is 16.9 Å². The Morgan fingerprint density at radius 2 is 1.74 bits per heavy atom. The summed E-state index contributed by atoms with van der Waals surface area (Å²) in [6, 6.07) is 7.47. The van der Waals surface area contributed by atoms with Gasteiger partial charge in [-0.2, -0.15) is 0 Å². The zero-order chi connectivity index (χ0) is 16.9. The summed E-state index contributed by atoms with van der Waals surface area (Å²) in [6.45, 7) is 2.13. The molecule has 2 amide bonds. The average Bonchev–Trinajstić information content (AvgIpc) is 3.29. The van der Waals surface area contributed by atoms with Gasteiger partial charge in [-0.05, 0) is 31.9 Å². The summed E-state index contributed by atoms with van der Waals surface area (Å²) in [5, 5.41) is 14.4. The molecule has 1 aliphatic rings. The van der Waals surface area contributed by atoms with E-state index in [-0.39, 0.29) is 29.9 Å². The predicted molar refractivity (Wildman–Crippen MR) is 89.4 cm³/mol. The van der Waals surface area contributed by atoms with E-state index < -0.39 is 11.4 Å². The van der Waals surface area contributed by atoms with E-state index in [1.807, 2.05) is 31.2 Å². The summed E-state index contributed by atoms with van der Waals surface area (Å²) in [7, 11) is 0. The smallest absolute Gasteiger partial charge is 0.311 e. The number of carboxylic acids is 1. The van der Waals surface area contributed by atoms with Gasteiger partial charge >= 0.3 is 5.97 Å². The van der Waals surface area contributed by atoms with Crippen molar-refractivity contribution in [3.05, 3.63) is 29.8 Å². The van der Waals surface area contributed by atoms with Crippen molar-refractivity contribution in [1.29, 1.82) is 0 Å². The van der Waals surface area contributed by atoms with Crippen molar-refractivity contribution in [2.75, 3.05) is 23.4 Å². The molecule has 0 aromatic heterocycles. The number of aliphatic carboxylic acids is 1. The molecular weight excluding hydrogens is 316 g/mol. The Morgan fingerprint density at radius 1 is 1.13 bits per heavy atom. The highest BCUT2D eigenvalue weighted by molar-refractivity contribution is 8.00. The van der Waals surface area contributed by atoms with Crippen molar-refractivity contribution in [1.82, 2.24) is 5.32 Å². The maximum absolute atomic E-state index is 11.8. The van der Waals surface area contributed by atoms with Crippen molar-refractivity contribution >= 4 is 35.2 Å². The van der Waals surface area contributed by atoms with E-state index >= 15 is 0 Å². The number of benzene rings is 1. The van der Waals surface area contributed by atoms with Gasteiger partial charge in [0.1, 0.15) is 0 Å². The fourth-order valence-corrected chi connectivity index (χ4v) is 2.65. The topological polar surface area (TPSA) is 95.5 Å². The molecule has 7 heteroatoms. The second kappa shape index (κ2) is 7.50. The third-order valence-electron chi connectivity index (χ3n) is 3.73. The molecule has 0 saturated heterocycles. The number of rotatable bonds is 8. The van der Waals surface area contributed by atoms with Crippen LogP contribution in [-0.4, -0.2) is 40.9 Å². The van der Waals surface area contributed by atoms with Gasteiger partial charge in [0.2, 0.25) is 11.8 Å². The standard InChI is InChI=1S/C16H20N2O4S/c1-11-2-4-12(5-3-11)18-14(20)9-23-8-13(19)17-10-16(6-7-16)15(21)22/h2-5H,6-10H2,1H3,(H,17,19)(H,18,20)(H,21,22). The molecule has 23 heavy (non-hydrogen) atoms. The van der Waals surface area contributed by atoms with Crippen molar-refractivity contribution < 1.29 is 19.5 Å². The Labute approximate surface area is 139 Å². The number of hydrogen-bond acceptors (Lipinski definition) is 4. The van der Waals surface area contributed by atoms with Gasteiger partial charge in [0.25, 0.3) is 0 Å². The second-order valence-electron chi connectivity index (χ2n) is 5.77. The van der Waals surface area contributed by atoms with Crippen LogP contribution >= 0.6 is 11.8 Å². The fraction of sp³-hybridized carbons (Fsp3) is 0.438. The molecule has 0 heterocycles. The second-order valence-corrected chi connectivity index (χ2v) is 6.75. The van der Waals surface area contributed by atoms with Crippen molar-refractivity contribution in [2.24, 2.45) is 5.41 Å². The normalized spacial score (nSPS) is 14.8. The Morgan fingerprint density at radius 3 is 2.30 bits per heavy atom. The van der Waals surface area contributed by atoms with E-state index in [1.54, 1.807) is 0 Å². The van der Waals surface area contributed by atoms with Crippen LogP contribution in [-0.2, 0) is 14.4 Å². The van der Waals surface area contributed by atoms with Crippen LogP contribution in [0.4, 0.5) is 5.69 Å². The van der Waals surface area contributed by atoms with Gasteiger partial charge in [0, 0.05) is 12.2 Å². The van der Waals surface area contributed by atoms with Crippen LogP contribution in [0.2, 0.25) is 0 Å². The Kier molecular flexibility index (Phi) is 5.65. The molecule has 0 radical (unpaired) electrons. The SMILES string of the molecule is Cc1ccc(NC(=O)CSCC(=O)NCC2(C(=O)O)CC2)cc1. The maximum atomic E-state index is 11.8. The lowest BCUT2D eigenvalue weighted by Crippen LogP contribution is -2.35. The van der Waals surface area contributed by atoms with Crippen molar-refractivity contribution in [3.8, 4) is 0 Å². The molecule has 3 N–H and O–H groups in total. The summed E-state index contributed by atoms with van der Waals surface area (Å²) in [6.07, 6.45) is 1.21. The van der Waals surface area contributed by atoms with Crippen molar-refractivity contribution in [2.45, 2.75) is 19.8 Å². The van der Waals surface area contributed by atoms with E-state index in [0.717, 1.165) is 11.3 Å². The van der Waals surface area contributed by atoms with Gasteiger partial charge in [-0.25, -0.2) is 0 Å². The first-order chi connectivity index (χ1) is 10.9. The van der Waals surface area contributed by atoms with Crippen LogP contribution in [0.25, 0.3) is 0 Å². The molecule has 1 fully saturated rings. The van der Waals surface area contributed by atoms with Gasteiger partial charge in [0.15, 0.2) is 0 Å². The molecule has 1 saturated carbocycles. The number of carbonyl (C=O) groups is 3. The minimum Gasteiger partial charge on any atom is -0.481 e. The highest BCUT2D eigenvalue weighted by atomic mass is 32.2. The Hall–Kier alpha value is -2.02.